The molecule has 0 fully saturated rings. The van der Waals surface area contributed by atoms with Crippen molar-refractivity contribution in [2.75, 3.05) is 18.4 Å². The van der Waals surface area contributed by atoms with Crippen molar-refractivity contribution in [3.05, 3.63) is 53.6 Å². The van der Waals surface area contributed by atoms with Gasteiger partial charge in [-0.05, 0) is 30.4 Å². The Labute approximate surface area is 141 Å². The summed E-state index contributed by atoms with van der Waals surface area (Å²) in [6.07, 6.45) is 4.45. The van der Waals surface area contributed by atoms with Gasteiger partial charge in [-0.25, -0.2) is 14.4 Å². The summed E-state index contributed by atoms with van der Waals surface area (Å²) in [5.41, 5.74) is 1.07. The number of rotatable bonds is 8. The summed E-state index contributed by atoms with van der Waals surface area (Å²) in [4.78, 5) is 20.2. The van der Waals surface area contributed by atoms with Crippen molar-refractivity contribution < 1.29 is 9.18 Å². The van der Waals surface area contributed by atoms with E-state index in [0.29, 0.717) is 42.5 Å². The predicted octanol–water partition coefficient (Wildman–Crippen LogP) is 3.05. The summed E-state index contributed by atoms with van der Waals surface area (Å²) in [7, 11) is 0. The maximum atomic E-state index is 13.5. The van der Waals surface area contributed by atoms with E-state index in [1.54, 1.807) is 12.1 Å². The number of anilines is 1. The molecule has 2 aromatic rings. The molecule has 24 heavy (non-hydrogen) atoms. The number of benzene rings is 1. The quantitative estimate of drug-likeness (QED) is 0.781. The number of aromatic nitrogens is 2. The number of carbonyl (C=O) groups excluding carboxylic acids is 1. The number of halogens is 1. The van der Waals surface area contributed by atoms with Crippen LogP contribution in [0.4, 0.5) is 10.3 Å². The third-order valence-corrected chi connectivity index (χ3v) is 3.56. The van der Waals surface area contributed by atoms with Gasteiger partial charge < -0.3 is 10.6 Å². The third-order valence-electron chi connectivity index (χ3n) is 3.56. The lowest BCUT2D eigenvalue weighted by Gasteiger charge is -2.08. The first kappa shape index (κ1) is 17.8. The number of carbonyl (C=O) groups is 1. The first-order valence-corrected chi connectivity index (χ1v) is 8.14. The van der Waals surface area contributed by atoms with Gasteiger partial charge in [-0.15, -0.1) is 0 Å². The maximum Gasteiger partial charge on any atom is 0.254 e. The van der Waals surface area contributed by atoms with E-state index in [1.165, 1.54) is 18.5 Å². The fraction of sp³-hybridized carbons (Fsp3) is 0.389. The number of nitrogens with one attached hydrogen (secondary N) is 2. The van der Waals surface area contributed by atoms with Crippen LogP contribution in [-0.4, -0.2) is 29.0 Å². The first-order valence-electron chi connectivity index (χ1n) is 8.14. The van der Waals surface area contributed by atoms with E-state index < -0.39 is 0 Å². The van der Waals surface area contributed by atoms with Crippen LogP contribution in [0.25, 0.3) is 0 Å². The maximum absolute atomic E-state index is 13.5. The molecule has 1 heterocycles. The van der Waals surface area contributed by atoms with Crippen LogP contribution in [0.3, 0.4) is 0 Å². The zero-order valence-electron chi connectivity index (χ0n) is 14.1. The van der Waals surface area contributed by atoms with Crippen LogP contribution in [-0.2, 0) is 6.42 Å². The Kier molecular flexibility index (Phi) is 6.66. The predicted molar refractivity (Wildman–Crippen MR) is 92.4 cm³/mol. The molecule has 0 saturated carbocycles. The molecule has 0 atom stereocenters. The van der Waals surface area contributed by atoms with Crippen LogP contribution in [0, 0.1) is 11.7 Å². The van der Waals surface area contributed by atoms with Crippen molar-refractivity contribution in [1.82, 2.24) is 15.3 Å². The molecule has 0 radical (unpaired) electrons. The Morgan fingerprint density at radius 3 is 2.54 bits per heavy atom. The van der Waals surface area contributed by atoms with Gasteiger partial charge in [-0.3, -0.25) is 4.79 Å². The van der Waals surface area contributed by atoms with Crippen molar-refractivity contribution in [2.45, 2.75) is 26.7 Å². The minimum absolute atomic E-state index is 0.173. The molecular formula is C18H23FN4O. The molecule has 0 bridgehead atoms. The zero-order chi connectivity index (χ0) is 17.4. The molecule has 1 amide bonds. The zero-order valence-corrected chi connectivity index (χ0v) is 14.1. The summed E-state index contributed by atoms with van der Waals surface area (Å²) in [5.74, 6) is 0.579. The standard InChI is InChI=1S/C18H23FN4O/c1-13(2)7-9-20-17(24)15-11-22-18(23-12-15)21-10-8-14-5-3-4-6-16(14)19/h3-6,11-13H,7-10H2,1-2H3,(H,20,24)(H,21,22,23). The molecule has 0 saturated heterocycles. The Bertz CT molecular complexity index is 658. The second-order valence-corrected chi connectivity index (χ2v) is 6.00. The molecule has 128 valence electrons. The molecular weight excluding hydrogens is 307 g/mol. The van der Waals surface area contributed by atoms with Gasteiger partial charge in [-0.1, -0.05) is 32.0 Å². The monoisotopic (exact) mass is 330 g/mol. The minimum atomic E-state index is -0.214. The summed E-state index contributed by atoms with van der Waals surface area (Å²) < 4.78 is 13.5. The van der Waals surface area contributed by atoms with Crippen LogP contribution < -0.4 is 10.6 Å². The van der Waals surface area contributed by atoms with E-state index in [2.05, 4.69) is 34.4 Å². The second-order valence-electron chi connectivity index (χ2n) is 6.00. The molecule has 6 heteroatoms. The summed E-state index contributed by atoms with van der Waals surface area (Å²) in [6, 6.07) is 6.67. The number of hydrogen-bond donors (Lipinski definition) is 2. The lowest BCUT2D eigenvalue weighted by atomic mass is 10.1. The van der Waals surface area contributed by atoms with Crippen LogP contribution >= 0.6 is 0 Å². The van der Waals surface area contributed by atoms with Gasteiger partial charge in [0.15, 0.2) is 0 Å². The molecule has 0 spiro atoms. The van der Waals surface area contributed by atoms with E-state index in [-0.39, 0.29) is 11.7 Å². The molecule has 2 rings (SSSR count). The van der Waals surface area contributed by atoms with Crippen LogP contribution in [0.15, 0.2) is 36.7 Å². The number of hydrogen-bond acceptors (Lipinski definition) is 4. The summed E-state index contributed by atoms with van der Waals surface area (Å²) >= 11 is 0. The van der Waals surface area contributed by atoms with Crippen molar-refractivity contribution in [1.29, 1.82) is 0 Å². The molecule has 2 N–H and O–H groups in total. The van der Waals surface area contributed by atoms with Crippen LogP contribution in [0.1, 0.15) is 36.2 Å². The fourth-order valence-corrected chi connectivity index (χ4v) is 2.12. The highest BCUT2D eigenvalue weighted by Crippen LogP contribution is 2.07. The van der Waals surface area contributed by atoms with E-state index >= 15 is 0 Å². The third kappa shape index (κ3) is 5.61. The minimum Gasteiger partial charge on any atom is -0.354 e. The highest BCUT2D eigenvalue weighted by Gasteiger charge is 2.07. The Morgan fingerprint density at radius 2 is 1.88 bits per heavy atom. The molecule has 5 nitrogen and oxygen atoms in total. The SMILES string of the molecule is CC(C)CCNC(=O)c1cnc(NCCc2ccccc2F)nc1. The molecule has 0 unspecified atom stereocenters. The van der Waals surface area contributed by atoms with Crippen molar-refractivity contribution >= 4 is 11.9 Å². The largest absolute Gasteiger partial charge is 0.354 e. The Hall–Kier alpha value is -2.50. The van der Waals surface area contributed by atoms with Crippen molar-refractivity contribution in [2.24, 2.45) is 5.92 Å². The molecule has 0 aliphatic carbocycles. The lowest BCUT2D eigenvalue weighted by Crippen LogP contribution is -2.25. The topological polar surface area (TPSA) is 66.9 Å². The van der Waals surface area contributed by atoms with Gasteiger partial charge in [0.1, 0.15) is 5.82 Å². The number of amides is 1. The van der Waals surface area contributed by atoms with Gasteiger partial charge in [0, 0.05) is 25.5 Å². The second kappa shape index (κ2) is 8.96. The van der Waals surface area contributed by atoms with Gasteiger partial charge in [-0.2, -0.15) is 0 Å². The average molecular weight is 330 g/mol. The highest BCUT2D eigenvalue weighted by atomic mass is 19.1. The Morgan fingerprint density at radius 1 is 1.17 bits per heavy atom. The molecule has 1 aromatic carbocycles. The van der Waals surface area contributed by atoms with E-state index in [4.69, 9.17) is 0 Å². The molecule has 1 aromatic heterocycles. The van der Waals surface area contributed by atoms with Gasteiger partial charge in [0.05, 0.1) is 5.56 Å². The fourth-order valence-electron chi connectivity index (χ4n) is 2.12. The van der Waals surface area contributed by atoms with Gasteiger partial charge >= 0.3 is 0 Å². The first-order chi connectivity index (χ1) is 11.6. The highest BCUT2D eigenvalue weighted by molar-refractivity contribution is 5.93. The summed E-state index contributed by atoms with van der Waals surface area (Å²) in [6.45, 7) is 5.37. The molecule has 0 aliphatic rings. The van der Waals surface area contributed by atoms with Crippen molar-refractivity contribution in [3.8, 4) is 0 Å². The van der Waals surface area contributed by atoms with Gasteiger partial charge in [0.25, 0.3) is 5.91 Å². The smallest absolute Gasteiger partial charge is 0.254 e. The van der Waals surface area contributed by atoms with E-state index in [9.17, 15) is 9.18 Å². The average Bonchev–Trinajstić information content (AvgIpc) is 2.57. The molecule has 0 aliphatic heterocycles. The van der Waals surface area contributed by atoms with Gasteiger partial charge in [0.2, 0.25) is 5.95 Å². The van der Waals surface area contributed by atoms with Crippen LogP contribution in [0.5, 0.6) is 0 Å². The van der Waals surface area contributed by atoms with Crippen LogP contribution in [0.2, 0.25) is 0 Å². The normalized spacial score (nSPS) is 10.7. The van der Waals surface area contributed by atoms with Crippen molar-refractivity contribution in [3.63, 3.8) is 0 Å². The summed E-state index contributed by atoms with van der Waals surface area (Å²) in [5, 5.41) is 5.86. The Balaban J connectivity index is 1.79. The lowest BCUT2D eigenvalue weighted by molar-refractivity contribution is 0.0951. The van der Waals surface area contributed by atoms with E-state index in [0.717, 1.165) is 6.42 Å². The van der Waals surface area contributed by atoms with E-state index in [1.807, 2.05) is 6.07 Å². The number of nitrogens with zero attached hydrogens (tertiary/aromatic N) is 2.